The van der Waals surface area contributed by atoms with E-state index in [-0.39, 0.29) is 18.5 Å². The molecule has 1 rings (SSSR count). The molecule has 7 heteroatoms. The molecule has 0 amide bonds. The molecule has 0 saturated heterocycles. The molecule has 0 saturated carbocycles. The molecule has 1 aromatic rings. The molecule has 1 unspecified atom stereocenters. The molecule has 0 fully saturated rings. The molecule has 110 valence electrons. The first kappa shape index (κ1) is 15.9. The molecule has 1 atom stereocenters. The van der Waals surface area contributed by atoms with Crippen LogP contribution < -0.4 is 5.32 Å². The van der Waals surface area contributed by atoms with E-state index in [0.29, 0.717) is 17.9 Å². The third-order valence-electron chi connectivity index (χ3n) is 2.46. The highest BCUT2D eigenvalue weighted by Crippen LogP contribution is 2.09. The van der Waals surface area contributed by atoms with Crippen molar-refractivity contribution in [2.75, 3.05) is 18.5 Å². The molecule has 0 spiro atoms. The summed E-state index contributed by atoms with van der Waals surface area (Å²) < 4.78 is 9.76. The van der Waals surface area contributed by atoms with Gasteiger partial charge in [0.2, 0.25) is 5.95 Å². The van der Waals surface area contributed by atoms with Crippen LogP contribution in [0.15, 0.2) is 6.20 Å². The van der Waals surface area contributed by atoms with E-state index in [9.17, 15) is 9.59 Å². The zero-order chi connectivity index (χ0) is 15.1. The van der Waals surface area contributed by atoms with Crippen LogP contribution in [0.1, 0.15) is 36.8 Å². The first-order valence-electron chi connectivity index (χ1n) is 6.43. The summed E-state index contributed by atoms with van der Waals surface area (Å²) in [5, 5.41) is 2.82. The summed E-state index contributed by atoms with van der Waals surface area (Å²) in [7, 11) is 0. The molecule has 0 aromatic carbocycles. The number of esters is 2. The lowest BCUT2D eigenvalue weighted by Gasteiger charge is -2.13. The Morgan fingerprint density at radius 2 is 1.95 bits per heavy atom. The van der Waals surface area contributed by atoms with Gasteiger partial charge in [0.05, 0.1) is 24.5 Å². The molecule has 0 aliphatic heterocycles. The fourth-order valence-corrected chi connectivity index (χ4v) is 1.47. The van der Waals surface area contributed by atoms with E-state index in [1.165, 1.54) is 6.20 Å². The molecule has 1 N–H and O–H groups in total. The SMILES string of the molecule is CCOC(=O)c1cnc(NC(C)C(=O)OCC)nc1C. The number of nitrogens with zero attached hydrogens (tertiary/aromatic N) is 2. The molecule has 1 heterocycles. The van der Waals surface area contributed by atoms with E-state index in [1.54, 1.807) is 27.7 Å². The van der Waals surface area contributed by atoms with Gasteiger partial charge >= 0.3 is 11.9 Å². The second-order valence-corrected chi connectivity index (χ2v) is 4.03. The summed E-state index contributed by atoms with van der Waals surface area (Å²) in [6, 6.07) is -0.567. The number of hydrogen-bond donors (Lipinski definition) is 1. The monoisotopic (exact) mass is 281 g/mol. The lowest BCUT2D eigenvalue weighted by Crippen LogP contribution is -2.29. The summed E-state index contributed by atoms with van der Waals surface area (Å²) in [5.41, 5.74) is 0.790. The number of rotatable bonds is 6. The maximum atomic E-state index is 11.6. The van der Waals surface area contributed by atoms with Crippen LogP contribution in [-0.4, -0.2) is 41.2 Å². The highest BCUT2D eigenvalue weighted by atomic mass is 16.5. The van der Waals surface area contributed by atoms with E-state index in [0.717, 1.165) is 0 Å². The van der Waals surface area contributed by atoms with Crippen molar-refractivity contribution in [2.45, 2.75) is 33.7 Å². The molecule has 0 aliphatic rings. The van der Waals surface area contributed by atoms with E-state index < -0.39 is 12.0 Å². The quantitative estimate of drug-likeness (QED) is 0.786. The molecule has 0 aliphatic carbocycles. The van der Waals surface area contributed by atoms with E-state index >= 15 is 0 Å². The first-order chi connectivity index (χ1) is 9.49. The van der Waals surface area contributed by atoms with Gasteiger partial charge in [0.1, 0.15) is 6.04 Å². The van der Waals surface area contributed by atoms with Gasteiger partial charge in [-0.15, -0.1) is 0 Å². The van der Waals surface area contributed by atoms with Gasteiger partial charge in [-0.25, -0.2) is 19.6 Å². The van der Waals surface area contributed by atoms with Gasteiger partial charge in [0, 0.05) is 6.20 Å². The smallest absolute Gasteiger partial charge is 0.341 e. The molecular weight excluding hydrogens is 262 g/mol. The van der Waals surface area contributed by atoms with Crippen LogP contribution in [0.4, 0.5) is 5.95 Å². The van der Waals surface area contributed by atoms with Crippen LogP contribution in [-0.2, 0) is 14.3 Å². The standard InChI is InChI=1S/C13H19N3O4/c1-5-19-11(17)9(4)16-13-14-7-10(8(3)15-13)12(18)20-6-2/h7,9H,5-6H2,1-4H3,(H,14,15,16). The Labute approximate surface area is 117 Å². The lowest BCUT2D eigenvalue weighted by atomic mass is 10.2. The van der Waals surface area contributed by atoms with Crippen LogP contribution in [0.25, 0.3) is 0 Å². The summed E-state index contributed by atoms with van der Waals surface area (Å²) in [6.45, 7) is 7.39. The van der Waals surface area contributed by atoms with E-state index in [1.807, 2.05) is 0 Å². The molecule has 1 aromatic heterocycles. The van der Waals surface area contributed by atoms with Crippen molar-refractivity contribution < 1.29 is 19.1 Å². The van der Waals surface area contributed by atoms with Crippen molar-refractivity contribution in [3.63, 3.8) is 0 Å². The van der Waals surface area contributed by atoms with Crippen molar-refractivity contribution >= 4 is 17.9 Å². The van der Waals surface area contributed by atoms with Crippen LogP contribution >= 0.6 is 0 Å². The minimum atomic E-state index is -0.567. The number of aryl methyl sites for hydroxylation is 1. The minimum absolute atomic E-state index is 0.260. The number of anilines is 1. The van der Waals surface area contributed by atoms with Crippen molar-refractivity contribution in [1.82, 2.24) is 9.97 Å². The summed E-state index contributed by atoms with van der Waals surface area (Å²) in [4.78, 5) is 31.2. The average Bonchev–Trinajstić information content (AvgIpc) is 2.39. The zero-order valence-corrected chi connectivity index (χ0v) is 12.1. The third kappa shape index (κ3) is 4.18. The topological polar surface area (TPSA) is 90.4 Å². The van der Waals surface area contributed by atoms with Crippen molar-refractivity contribution in [3.05, 3.63) is 17.5 Å². The van der Waals surface area contributed by atoms with Crippen LogP contribution in [0, 0.1) is 6.92 Å². The Morgan fingerprint density at radius 1 is 1.30 bits per heavy atom. The molecule has 0 bridgehead atoms. The minimum Gasteiger partial charge on any atom is -0.464 e. The van der Waals surface area contributed by atoms with Gasteiger partial charge in [-0.05, 0) is 27.7 Å². The van der Waals surface area contributed by atoms with Gasteiger partial charge < -0.3 is 14.8 Å². The predicted octanol–water partition coefficient (Wildman–Crippen LogP) is 1.33. The highest BCUT2D eigenvalue weighted by Gasteiger charge is 2.17. The lowest BCUT2D eigenvalue weighted by molar-refractivity contribution is -0.143. The van der Waals surface area contributed by atoms with Crippen molar-refractivity contribution in [1.29, 1.82) is 0 Å². The fraction of sp³-hybridized carbons (Fsp3) is 0.538. The summed E-state index contributed by atoms with van der Waals surface area (Å²) >= 11 is 0. The highest BCUT2D eigenvalue weighted by molar-refractivity contribution is 5.90. The van der Waals surface area contributed by atoms with Crippen LogP contribution in [0.2, 0.25) is 0 Å². The van der Waals surface area contributed by atoms with Crippen molar-refractivity contribution in [3.8, 4) is 0 Å². The van der Waals surface area contributed by atoms with E-state index in [2.05, 4.69) is 15.3 Å². The van der Waals surface area contributed by atoms with Crippen molar-refractivity contribution in [2.24, 2.45) is 0 Å². The maximum absolute atomic E-state index is 11.6. The molecular formula is C13H19N3O4. The Morgan fingerprint density at radius 3 is 2.50 bits per heavy atom. The normalized spacial score (nSPS) is 11.6. The fourth-order valence-electron chi connectivity index (χ4n) is 1.47. The number of carbonyl (C=O) groups excluding carboxylic acids is 2. The van der Waals surface area contributed by atoms with E-state index in [4.69, 9.17) is 9.47 Å². The number of aromatic nitrogens is 2. The van der Waals surface area contributed by atoms with Crippen LogP contribution in [0.5, 0.6) is 0 Å². The zero-order valence-electron chi connectivity index (χ0n) is 12.1. The van der Waals surface area contributed by atoms with Gasteiger partial charge in [-0.1, -0.05) is 0 Å². The number of carbonyl (C=O) groups is 2. The number of hydrogen-bond acceptors (Lipinski definition) is 7. The largest absolute Gasteiger partial charge is 0.464 e. The second kappa shape index (κ2) is 7.42. The first-order valence-corrected chi connectivity index (χ1v) is 6.43. The van der Waals surface area contributed by atoms with Gasteiger partial charge in [0.15, 0.2) is 0 Å². The van der Waals surface area contributed by atoms with Gasteiger partial charge in [-0.2, -0.15) is 0 Å². The average molecular weight is 281 g/mol. The molecule has 0 radical (unpaired) electrons. The summed E-state index contributed by atoms with van der Waals surface area (Å²) in [5.74, 6) is -0.589. The summed E-state index contributed by atoms with van der Waals surface area (Å²) in [6.07, 6.45) is 1.38. The maximum Gasteiger partial charge on any atom is 0.341 e. The molecule has 20 heavy (non-hydrogen) atoms. The van der Waals surface area contributed by atoms with Gasteiger partial charge in [0.25, 0.3) is 0 Å². The Hall–Kier alpha value is -2.18. The third-order valence-corrected chi connectivity index (χ3v) is 2.46. The van der Waals surface area contributed by atoms with Crippen LogP contribution in [0.3, 0.4) is 0 Å². The molecule has 7 nitrogen and oxygen atoms in total. The second-order valence-electron chi connectivity index (χ2n) is 4.03. The Balaban J connectivity index is 2.77. The number of nitrogens with one attached hydrogen (secondary N) is 1. The Kier molecular flexibility index (Phi) is 5.89. The predicted molar refractivity (Wildman–Crippen MR) is 72.4 cm³/mol. The van der Waals surface area contributed by atoms with Gasteiger partial charge in [-0.3, -0.25) is 0 Å². The Bertz CT molecular complexity index is 491. The number of ether oxygens (including phenoxy) is 2.